The van der Waals surface area contributed by atoms with Gasteiger partial charge in [-0.3, -0.25) is 4.98 Å². The zero-order chi connectivity index (χ0) is 12.8. The molecule has 1 aromatic heterocycles. The normalized spacial score (nSPS) is 11.6. The first-order valence-corrected chi connectivity index (χ1v) is 5.76. The van der Waals surface area contributed by atoms with E-state index in [-0.39, 0.29) is 5.92 Å². The fourth-order valence-corrected chi connectivity index (χ4v) is 1.93. The lowest BCUT2D eigenvalue weighted by Crippen LogP contribution is -2.03. The molecule has 3 heteroatoms. The summed E-state index contributed by atoms with van der Waals surface area (Å²) in [5.41, 5.74) is 1.97. The molecule has 0 bridgehead atoms. The van der Waals surface area contributed by atoms with Crippen molar-refractivity contribution in [1.82, 2.24) is 4.98 Å². The summed E-state index contributed by atoms with van der Waals surface area (Å²) in [6.07, 6.45) is 4.17. The van der Waals surface area contributed by atoms with Crippen molar-refractivity contribution in [2.45, 2.75) is 12.3 Å². The van der Waals surface area contributed by atoms with Crippen LogP contribution in [0.4, 0.5) is 0 Å². The Hall–Kier alpha value is -2.34. The number of methoxy groups -OCH3 is 1. The zero-order valence-electron chi connectivity index (χ0n) is 10.2. The summed E-state index contributed by atoms with van der Waals surface area (Å²) in [5, 5.41) is 9.33. The van der Waals surface area contributed by atoms with Crippen LogP contribution < -0.4 is 4.74 Å². The van der Waals surface area contributed by atoms with Gasteiger partial charge in [0.25, 0.3) is 0 Å². The maximum absolute atomic E-state index is 9.33. The highest BCUT2D eigenvalue weighted by atomic mass is 16.5. The quantitative estimate of drug-likeness (QED) is 0.822. The molecule has 0 saturated carbocycles. The topological polar surface area (TPSA) is 45.9 Å². The molecule has 2 aromatic rings. The Balaban J connectivity index is 2.27. The van der Waals surface area contributed by atoms with Crippen LogP contribution in [0.15, 0.2) is 48.8 Å². The molecular formula is C15H14N2O. The van der Waals surface area contributed by atoms with Gasteiger partial charge in [0, 0.05) is 18.0 Å². The summed E-state index contributed by atoms with van der Waals surface area (Å²) >= 11 is 0. The standard InChI is InChI=1S/C15H14N2O/c1-18-15-7-3-2-6-14(15)13(10-16)9-12-5-4-8-17-11-12/h2-8,11,13H,9H2,1H3. The summed E-state index contributed by atoms with van der Waals surface area (Å²) in [6.45, 7) is 0. The molecule has 1 heterocycles. The van der Waals surface area contributed by atoms with Gasteiger partial charge in [0.05, 0.1) is 19.1 Å². The Kier molecular flexibility index (Phi) is 3.93. The number of benzene rings is 1. The van der Waals surface area contributed by atoms with Crippen LogP contribution in [-0.4, -0.2) is 12.1 Å². The Morgan fingerprint density at radius 2 is 2.11 bits per heavy atom. The van der Waals surface area contributed by atoms with Crippen LogP contribution in [-0.2, 0) is 6.42 Å². The molecule has 0 fully saturated rings. The average Bonchev–Trinajstić information content (AvgIpc) is 2.46. The third kappa shape index (κ3) is 2.67. The lowest BCUT2D eigenvalue weighted by atomic mass is 9.93. The first-order valence-electron chi connectivity index (χ1n) is 5.76. The third-order valence-electron chi connectivity index (χ3n) is 2.83. The molecule has 0 N–H and O–H groups in total. The molecule has 0 aliphatic heterocycles. The number of nitriles is 1. The Morgan fingerprint density at radius 3 is 2.78 bits per heavy atom. The van der Waals surface area contributed by atoms with E-state index in [2.05, 4.69) is 11.1 Å². The van der Waals surface area contributed by atoms with Crippen LogP contribution in [0.1, 0.15) is 17.0 Å². The Morgan fingerprint density at radius 1 is 1.28 bits per heavy atom. The van der Waals surface area contributed by atoms with E-state index >= 15 is 0 Å². The van der Waals surface area contributed by atoms with Crippen molar-refractivity contribution in [2.75, 3.05) is 7.11 Å². The second-order valence-corrected chi connectivity index (χ2v) is 3.99. The highest BCUT2D eigenvalue weighted by molar-refractivity contribution is 5.40. The van der Waals surface area contributed by atoms with Gasteiger partial charge >= 0.3 is 0 Å². The van der Waals surface area contributed by atoms with Crippen molar-refractivity contribution in [3.05, 3.63) is 59.9 Å². The number of hydrogen-bond donors (Lipinski definition) is 0. The van der Waals surface area contributed by atoms with Crippen LogP contribution in [0.2, 0.25) is 0 Å². The number of pyridine rings is 1. The average molecular weight is 238 g/mol. The highest BCUT2D eigenvalue weighted by Crippen LogP contribution is 2.28. The van der Waals surface area contributed by atoms with Crippen molar-refractivity contribution in [1.29, 1.82) is 5.26 Å². The summed E-state index contributed by atoms with van der Waals surface area (Å²) < 4.78 is 5.30. The predicted molar refractivity (Wildman–Crippen MR) is 69.3 cm³/mol. The van der Waals surface area contributed by atoms with E-state index in [1.807, 2.05) is 36.4 Å². The molecule has 2 rings (SSSR count). The monoisotopic (exact) mass is 238 g/mol. The van der Waals surface area contributed by atoms with E-state index in [1.165, 1.54) is 0 Å². The first-order chi connectivity index (χ1) is 8.85. The van der Waals surface area contributed by atoms with E-state index in [0.717, 1.165) is 16.9 Å². The van der Waals surface area contributed by atoms with Crippen molar-refractivity contribution < 1.29 is 4.74 Å². The molecule has 1 atom stereocenters. The molecule has 0 saturated heterocycles. The molecule has 90 valence electrons. The molecule has 3 nitrogen and oxygen atoms in total. The summed E-state index contributed by atoms with van der Waals surface area (Å²) in [7, 11) is 1.62. The summed E-state index contributed by atoms with van der Waals surface area (Å²) in [5.74, 6) is 0.540. The Labute approximate surface area is 107 Å². The van der Waals surface area contributed by atoms with Gasteiger partial charge in [0.1, 0.15) is 5.75 Å². The number of para-hydroxylation sites is 1. The van der Waals surface area contributed by atoms with Crippen LogP contribution in [0, 0.1) is 11.3 Å². The summed E-state index contributed by atoms with van der Waals surface area (Å²) in [6, 6.07) is 13.8. The van der Waals surface area contributed by atoms with Gasteiger partial charge in [0.2, 0.25) is 0 Å². The minimum Gasteiger partial charge on any atom is -0.496 e. The second kappa shape index (κ2) is 5.83. The van der Waals surface area contributed by atoms with Gasteiger partial charge in [-0.15, -0.1) is 0 Å². The van der Waals surface area contributed by atoms with Crippen LogP contribution in [0.5, 0.6) is 5.75 Å². The second-order valence-electron chi connectivity index (χ2n) is 3.99. The van der Waals surface area contributed by atoms with E-state index in [1.54, 1.807) is 19.5 Å². The maximum atomic E-state index is 9.33. The van der Waals surface area contributed by atoms with E-state index < -0.39 is 0 Å². The molecule has 0 amide bonds. The van der Waals surface area contributed by atoms with Gasteiger partial charge in [-0.25, -0.2) is 0 Å². The fourth-order valence-electron chi connectivity index (χ4n) is 1.93. The van der Waals surface area contributed by atoms with Gasteiger partial charge in [-0.2, -0.15) is 5.26 Å². The predicted octanol–water partition coefficient (Wildman–Crippen LogP) is 2.94. The van der Waals surface area contributed by atoms with Crippen molar-refractivity contribution in [3.63, 3.8) is 0 Å². The van der Waals surface area contributed by atoms with Gasteiger partial charge in [-0.1, -0.05) is 24.3 Å². The third-order valence-corrected chi connectivity index (χ3v) is 2.83. The largest absolute Gasteiger partial charge is 0.496 e. The van der Waals surface area contributed by atoms with E-state index in [4.69, 9.17) is 4.74 Å². The van der Waals surface area contributed by atoms with Gasteiger partial charge < -0.3 is 4.74 Å². The van der Waals surface area contributed by atoms with Crippen molar-refractivity contribution in [2.24, 2.45) is 0 Å². The lowest BCUT2D eigenvalue weighted by molar-refractivity contribution is 0.408. The number of rotatable bonds is 4. The van der Waals surface area contributed by atoms with Crippen molar-refractivity contribution in [3.8, 4) is 11.8 Å². The van der Waals surface area contributed by atoms with Gasteiger partial charge in [-0.05, 0) is 24.1 Å². The lowest BCUT2D eigenvalue weighted by Gasteiger charge is -2.13. The smallest absolute Gasteiger partial charge is 0.123 e. The first kappa shape index (κ1) is 12.1. The number of aromatic nitrogens is 1. The molecule has 0 spiro atoms. The number of nitrogens with zero attached hydrogens (tertiary/aromatic N) is 2. The summed E-state index contributed by atoms with van der Waals surface area (Å²) in [4.78, 5) is 4.07. The SMILES string of the molecule is COc1ccccc1C(C#N)Cc1cccnc1. The zero-order valence-corrected chi connectivity index (χ0v) is 10.2. The fraction of sp³-hybridized carbons (Fsp3) is 0.200. The van der Waals surface area contributed by atoms with E-state index in [0.29, 0.717) is 6.42 Å². The number of ether oxygens (including phenoxy) is 1. The van der Waals surface area contributed by atoms with Crippen molar-refractivity contribution >= 4 is 0 Å². The number of hydrogen-bond acceptors (Lipinski definition) is 3. The minimum absolute atomic E-state index is 0.217. The molecule has 18 heavy (non-hydrogen) atoms. The maximum Gasteiger partial charge on any atom is 0.123 e. The molecule has 0 radical (unpaired) electrons. The molecule has 0 aliphatic rings. The highest BCUT2D eigenvalue weighted by Gasteiger charge is 2.15. The molecule has 1 unspecified atom stereocenters. The van der Waals surface area contributed by atoms with Crippen LogP contribution >= 0.6 is 0 Å². The minimum atomic E-state index is -0.217. The van der Waals surface area contributed by atoms with Crippen LogP contribution in [0.3, 0.4) is 0 Å². The van der Waals surface area contributed by atoms with E-state index in [9.17, 15) is 5.26 Å². The van der Waals surface area contributed by atoms with Crippen LogP contribution in [0.25, 0.3) is 0 Å². The molecule has 0 aliphatic carbocycles. The van der Waals surface area contributed by atoms with Gasteiger partial charge in [0.15, 0.2) is 0 Å². The molecule has 1 aromatic carbocycles. The molecular weight excluding hydrogens is 224 g/mol. The Bertz CT molecular complexity index is 546.